The molecule has 2 nitrogen and oxygen atoms in total. The minimum absolute atomic E-state index is 0.233. The van der Waals surface area contributed by atoms with Crippen molar-refractivity contribution in [3.63, 3.8) is 0 Å². The van der Waals surface area contributed by atoms with E-state index in [0.29, 0.717) is 5.92 Å². The second kappa shape index (κ2) is 6.37. The van der Waals surface area contributed by atoms with Crippen LogP contribution in [0.3, 0.4) is 0 Å². The Labute approximate surface area is 131 Å². The van der Waals surface area contributed by atoms with Gasteiger partial charge in [0.1, 0.15) is 0 Å². The zero-order valence-electron chi connectivity index (χ0n) is 12.7. The highest BCUT2D eigenvalue weighted by Crippen LogP contribution is 2.37. The first-order valence-corrected chi connectivity index (χ1v) is 9.65. The van der Waals surface area contributed by atoms with Gasteiger partial charge in [0.05, 0.1) is 4.90 Å². The van der Waals surface area contributed by atoms with Crippen molar-refractivity contribution < 1.29 is 8.42 Å². The van der Waals surface area contributed by atoms with Gasteiger partial charge in [0.25, 0.3) is 9.05 Å². The molecule has 114 valence electrons. The molecule has 0 saturated heterocycles. The Balaban J connectivity index is 2.65. The molecule has 0 spiro atoms. The number of fused-ring (bicyclic) bond motifs is 1. The molecule has 0 saturated carbocycles. The zero-order chi connectivity index (χ0) is 15.6. The lowest BCUT2D eigenvalue weighted by atomic mass is 10.0. The largest absolute Gasteiger partial charge is 0.261 e. The zero-order valence-corrected chi connectivity index (χ0v) is 14.3. The van der Waals surface area contributed by atoms with Crippen molar-refractivity contribution in [2.24, 2.45) is 0 Å². The monoisotopic (exact) mass is 324 g/mol. The van der Waals surface area contributed by atoms with Gasteiger partial charge >= 0.3 is 0 Å². The maximum Gasteiger partial charge on any atom is 0.261 e. The lowest BCUT2D eigenvalue weighted by Crippen LogP contribution is -1.88. The second-order valence-electron chi connectivity index (χ2n) is 5.72. The molecule has 0 amide bonds. The van der Waals surface area contributed by atoms with Crippen LogP contribution in [-0.2, 0) is 15.5 Å². The van der Waals surface area contributed by atoms with Crippen LogP contribution in [0.5, 0.6) is 0 Å². The summed E-state index contributed by atoms with van der Waals surface area (Å²) in [6, 6.07) is 9.71. The lowest BCUT2D eigenvalue weighted by Gasteiger charge is -2.00. The maximum atomic E-state index is 11.8. The van der Waals surface area contributed by atoms with Gasteiger partial charge < -0.3 is 0 Å². The van der Waals surface area contributed by atoms with Crippen LogP contribution in [0.2, 0.25) is 0 Å². The Morgan fingerprint density at radius 2 is 1.71 bits per heavy atom. The predicted octanol–water partition coefficient (Wildman–Crippen LogP) is 5.18. The van der Waals surface area contributed by atoms with Crippen LogP contribution in [0.15, 0.2) is 35.2 Å². The van der Waals surface area contributed by atoms with E-state index in [1.807, 2.05) is 18.2 Å². The van der Waals surface area contributed by atoms with E-state index in [1.54, 1.807) is 6.07 Å². The molecule has 0 aliphatic heterocycles. The SMILES string of the molecule is CCCCc1cc(S(=O)(=O)Cl)c2ccc(C(C)C)ccc1-2. The van der Waals surface area contributed by atoms with Crippen molar-refractivity contribution in [2.45, 2.75) is 50.8 Å². The van der Waals surface area contributed by atoms with Crippen LogP contribution < -0.4 is 0 Å². The molecule has 0 atom stereocenters. The van der Waals surface area contributed by atoms with Gasteiger partial charge in [-0.05, 0) is 41.5 Å². The van der Waals surface area contributed by atoms with E-state index in [2.05, 4.69) is 26.8 Å². The molecular weight excluding hydrogens is 304 g/mol. The summed E-state index contributed by atoms with van der Waals surface area (Å²) < 4.78 is 23.6. The van der Waals surface area contributed by atoms with Crippen LogP contribution in [0.4, 0.5) is 0 Å². The highest BCUT2D eigenvalue weighted by molar-refractivity contribution is 8.13. The molecule has 0 N–H and O–H groups in total. The fraction of sp³-hybridized carbons (Fsp3) is 0.412. The van der Waals surface area contributed by atoms with E-state index in [9.17, 15) is 8.42 Å². The Morgan fingerprint density at radius 1 is 1.10 bits per heavy atom. The van der Waals surface area contributed by atoms with Crippen molar-refractivity contribution in [1.29, 1.82) is 0 Å². The lowest BCUT2D eigenvalue weighted by molar-refractivity contribution is 0.610. The first-order chi connectivity index (χ1) is 9.84. The third-order valence-corrected chi connectivity index (χ3v) is 5.18. The summed E-state index contributed by atoms with van der Waals surface area (Å²) in [6.07, 6.45) is 2.99. The summed E-state index contributed by atoms with van der Waals surface area (Å²) >= 11 is 0. The standard InChI is InChI=1S/C17H21ClO2S/c1-4-5-6-14-11-17(21(18,19)20)16-10-8-13(12(2)3)7-9-15(14)16/h7-12H,4-6H2,1-3H3. The molecule has 0 unspecified atom stereocenters. The molecule has 4 heteroatoms. The predicted molar refractivity (Wildman–Crippen MR) is 88.8 cm³/mol. The molecule has 0 aromatic heterocycles. The van der Waals surface area contributed by atoms with Gasteiger partial charge in [-0.15, -0.1) is 0 Å². The van der Waals surface area contributed by atoms with Crippen LogP contribution in [-0.4, -0.2) is 8.42 Å². The van der Waals surface area contributed by atoms with Crippen LogP contribution in [0.1, 0.15) is 50.7 Å². The Morgan fingerprint density at radius 3 is 2.24 bits per heavy atom. The number of rotatable bonds is 5. The minimum Gasteiger partial charge on any atom is -0.207 e. The number of hydrogen-bond donors (Lipinski definition) is 0. The molecule has 0 heterocycles. The summed E-state index contributed by atoms with van der Waals surface area (Å²) in [5.74, 6) is 0.400. The molecule has 0 bridgehead atoms. The van der Waals surface area contributed by atoms with Crippen molar-refractivity contribution in [3.05, 3.63) is 41.5 Å². The van der Waals surface area contributed by atoms with E-state index in [1.165, 1.54) is 5.56 Å². The molecule has 2 rings (SSSR count). The van der Waals surface area contributed by atoms with E-state index in [-0.39, 0.29) is 4.90 Å². The van der Waals surface area contributed by atoms with Crippen molar-refractivity contribution in [2.75, 3.05) is 0 Å². The molecule has 0 radical (unpaired) electrons. The minimum atomic E-state index is -3.72. The summed E-state index contributed by atoms with van der Waals surface area (Å²) in [7, 11) is 1.88. The first kappa shape index (κ1) is 16.3. The number of halogens is 1. The second-order valence-corrected chi connectivity index (χ2v) is 8.26. The molecular formula is C17H21ClO2S. The van der Waals surface area contributed by atoms with Gasteiger partial charge in [-0.2, -0.15) is 0 Å². The highest BCUT2D eigenvalue weighted by Gasteiger charge is 2.22. The fourth-order valence-corrected chi connectivity index (χ4v) is 3.67. The van der Waals surface area contributed by atoms with Crippen molar-refractivity contribution in [3.8, 4) is 11.1 Å². The molecule has 21 heavy (non-hydrogen) atoms. The quantitative estimate of drug-likeness (QED) is 0.710. The van der Waals surface area contributed by atoms with Gasteiger partial charge in [0.2, 0.25) is 0 Å². The Bertz CT molecular complexity index is 705. The first-order valence-electron chi connectivity index (χ1n) is 7.34. The van der Waals surface area contributed by atoms with E-state index in [0.717, 1.165) is 36.0 Å². The average molecular weight is 325 g/mol. The average Bonchev–Trinajstić information content (AvgIpc) is 2.60. The Hall–Kier alpha value is -1.06. The van der Waals surface area contributed by atoms with Gasteiger partial charge in [-0.25, -0.2) is 8.42 Å². The molecule has 2 aliphatic carbocycles. The third kappa shape index (κ3) is 3.58. The fourth-order valence-electron chi connectivity index (χ4n) is 2.56. The maximum absolute atomic E-state index is 11.8. The highest BCUT2D eigenvalue weighted by atomic mass is 35.7. The summed E-state index contributed by atoms with van der Waals surface area (Å²) in [4.78, 5) is 0.233. The Kier molecular flexibility index (Phi) is 4.95. The van der Waals surface area contributed by atoms with E-state index in [4.69, 9.17) is 10.7 Å². The van der Waals surface area contributed by atoms with Crippen LogP contribution >= 0.6 is 10.7 Å². The molecule has 0 aromatic carbocycles. The topological polar surface area (TPSA) is 34.1 Å². The summed E-state index contributed by atoms with van der Waals surface area (Å²) in [5, 5.41) is 0. The molecule has 0 fully saturated rings. The summed E-state index contributed by atoms with van der Waals surface area (Å²) in [6.45, 7) is 6.37. The van der Waals surface area contributed by atoms with Gasteiger partial charge in [-0.3, -0.25) is 0 Å². The van der Waals surface area contributed by atoms with Gasteiger partial charge in [0.15, 0.2) is 0 Å². The van der Waals surface area contributed by atoms with E-state index < -0.39 is 9.05 Å². The smallest absolute Gasteiger partial charge is 0.207 e. The van der Waals surface area contributed by atoms with Crippen molar-refractivity contribution >= 4 is 19.7 Å². The molecule has 0 aromatic rings. The number of hydrogen-bond acceptors (Lipinski definition) is 2. The van der Waals surface area contributed by atoms with Gasteiger partial charge in [0, 0.05) is 16.2 Å². The molecule has 2 aliphatic rings. The van der Waals surface area contributed by atoms with E-state index >= 15 is 0 Å². The third-order valence-electron chi connectivity index (χ3n) is 3.82. The number of aryl methyl sites for hydroxylation is 1. The summed E-state index contributed by atoms with van der Waals surface area (Å²) in [5.41, 5.74) is 3.97. The number of unbranched alkanes of at least 4 members (excludes halogenated alkanes) is 1. The van der Waals surface area contributed by atoms with Gasteiger partial charge in [-0.1, -0.05) is 51.5 Å². The van der Waals surface area contributed by atoms with Crippen molar-refractivity contribution in [1.82, 2.24) is 0 Å². The van der Waals surface area contributed by atoms with Crippen LogP contribution in [0, 0.1) is 0 Å². The normalized spacial score (nSPS) is 12.2. The van der Waals surface area contributed by atoms with Crippen LogP contribution in [0.25, 0.3) is 11.1 Å².